The number of hydrogen-bond acceptors (Lipinski definition) is 4. The number of likely N-dealkylation sites (tertiary alicyclic amines) is 1. The highest BCUT2D eigenvalue weighted by Gasteiger charge is 2.12. The Kier molecular flexibility index (Phi) is 6.15. The molecule has 0 atom stereocenters. The van der Waals surface area contributed by atoms with Crippen molar-refractivity contribution in [1.29, 1.82) is 0 Å². The second kappa shape index (κ2) is 8.12. The second-order valence-electron chi connectivity index (χ2n) is 5.13. The number of ether oxygens (including phenoxy) is 2. The van der Waals surface area contributed by atoms with Crippen molar-refractivity contribution < 1.29 is 9.47 Å². The van der Waals surface area contributed by atoms with Gasteiger partial charge in [-0.1, -0.05) is 18.6 Å². The fourth-order valence-corrected chi connectivity index (χ4v) is 2.61. The fraction of sp³-hybridized carbons (Fsp3) is 0.625. The maximum absolute atomic E-state index is 5.97. The molecule has 0 unspecified atom stereocenters. The van der Waals surface area contributed by atoms with Gasteiger partial charge in [-0.05, 0) is 38.9 Å². The van der Waals surface area contributed by atoms with Gasteiger partial charge in [0.25, 0.3) is 0 Å². The zero-order valence-corrected chi connectivity index (χ0v) is 12.4. The summed E-state index contributed by atoms with van der Waals surface area (Å²) in [4.78, 5) is 2.47. The van der Waals surface area contributed by atoms with Crippen molar-refractivity contribution >= 4 is 0 Å². The normalized spacial score (nSPS) is 16.1. The number of nitrogens with two attached hydrogens (primary N) is 1. The molecule has 20 heavy (non-hydrogen) atoms. The van der Waals surface area contributed by atoms with Crippen LogP contribution in [0.1, 0.15) is 31.7 Å². The fourth-order valence-electron chi connectivity index (χ4n) is 2.61. The number of para-hydroxylation sites is 1. The standard InChI is InChI=1S/C16H26N2O2/c1-2-19-15-8-6-7-14(13-17)16(15)20-12-11-18-9-4-3-5-10-18/h6-8H,2-5,9-13,17H2,1H3. The van der Waals surface area contributed by atoms with E-state index >= 15 is 0 Å². The molecule has 0 bridgehead atoms. The molecule has 1 fully saturated rings. The van der Waals surface area contributed by atoms with Crippen LogP contribution in [-0.4, -0.2) is 37.7 Å². The molecule has 0 aromatic heterocycles. The first-order chi connectivity index (χ1) is 9.85. The minimum atomic E-state index is 0.472. The summed E-state index contributed by atoms with van der Waals surface area (Å²) in [5.74, 6) is 1.61. The first-order valence-corrected chi connectivity index (χ1v) is 7.65. The van der Waals surface area contributed by atoms with E-state index in [9.17, 15) is 0 Å². The van der Waals surface area contributed by atoms with Gasteiger partial charge >= 0.3 is 0 Å². The van der Waals surface area contributed by atoms with Crippen LogP contribution < -0.4 is 15.2 Å². The summed E-state index contributed by atoms with van der Waals surface area (Å²) in [6.07, 6.45) is 3.98. The van der Waals surface area contributed by atoms with E-state index in [0.29, 0.717) is 19.8 Å². The average Bonchev–Trinajstić information content (AvgIpc) is 2.50. The monoisotopic (exact) mass is 278 g/mol. The Morgan fingerprint density at radius 3 is 2.65 bits per heavy atom. The number of benzene rings is 1. The molecule has 2 rings (SSSR count). The maximum atomic E-state index is 5.97. The summed E-state index contributed by atoms with van der Waals surface area (Å²) in [7, 11) is 0. The van der Waals surface area contributed by atoms with Crippen LogP contribution in [0.4, 0.5) is 0 Å². The van der Waals surface area contributed by atoms with Gasteiger partial charge in [-0.3, -0.25) is 4.90 Å². The Balaban J connectivity index is 1.92. The third kappa shape index (κ3) is 4.12. The molecule has 1 aromatic carbocycles. The van der Waals surface area contributed by atoms with Gasteiger partial charge in [-0.2, -0.15) is 0 Å². The SMILES string of the molecule is CCOc1cccc(CN)c1OCCN1CCCCC1. The van der Waals surface area contributed by atoms with Crippen molar-refractivity contribution in [2.75, 3.05) is 32.8 Å². The lowest BCUT2D eigenvalue weighted by atomic mass is 10.1. The van der Waals surface area contributed by atoms with Crippen molar-refractivity contribution in [2.24, 2.45) is 5.73 Å². The maximum Gasteiger partial charge on any atom is 0.165 e. The van der Waals surface area contributed by atoms with E-state index in [1.54, 1.807) is 0 Å². The Morgan fingerprint density at radius 2 is 1.95 bits per heavy atom. The zero-order valence-electron chi connectivity index (χ0n) is 12.4. The van der Waals surface area contributed by atoms with Gasteiger partial charge in [0.2, 0.25) is 0 Å². The molecule has 4 heteroatoms. The zero-order chi connectivity index (χ0) is 14.2. The molecule has 0 spiro atoms. The molecule has 0 amide bonds. The van der Waals surface area contributed by atoms with Gasteiger partial charge in [-0.25, -0.2) is 0 Å². The predicted octanol–water partition coefficient (Wildman–Crippen LogP) is 2.41. The highest BCUT2D eigenvalue weighted by Crippen LogP contribution is 2.31. The molecular formula is C16H26N2O2. The van der Waals surface area contributed by atoms with Crippen LogP contribution in [-0.2, 0) is 6.54 Å². The highest BCUT2D eigenvalue weighted by atomic mass is 16.5. The molecule has 112 valence electrons. The number of nitrogens with zero attached hydrogens (tertiary/aromatic N) is 1. The van der Waals surface area contributed by atoms with E-state index in [4.69, 9.17) is 15.2 Å². The van der Waals surface area contributed by atoms with Crippen LogP contribution in [0.2, 0.25) is 0 Å². The van der Waals surface area contributed by atoms with E-state index in [-0.39, 0.29) is 0 Å². The lowest BCUT2D eigenvalue weighted by Crippen LogP contribution is -2.33. The molecule has 1 saturated heterocycles. The molecule has 1 aromatic rings. The minimum absolute atomic E-state index is 0.472. The smallest absolute Gasteiger partial charge is 0.165 e. The Labute approximate surface area is 121 Å². The second-order valence-corrected chi connectivity index (χ2v) is 5.13. The van der Waals surface area contributed by atoms with E-state index in [1.807, 2.05) is 25.1 Å². The Hall–Kier alpha value is -1.26. The molecule has 1 heterocycles. The largest absolute Gasteiger partial charge is 0.490 e. The first kappa shape index (κ1) is 15.1. The van der Waals surface area contributed by atoms with Gasteiger partial charge in [0.15, 0.2) is 11.5 Å². The number of hydrogen-bond donors (Lipinski definition) is 1. The van der Waals surface area contributed by atoms with Gasteiger partial charge < -0.3 is 15.2 Å². The van der Waals surface area contributed by atoms with Crippen molar-refractivity contribution in [3.8, 4) is 11.5 Å². The van der Waals surface area contributed by atoms with Gasteiger partial charge in [0, 0.05) is 18.7 Å². The van der Waals surface area contributed by atoms with E-state index < -0.39 is 0 Å². The predicted molar refractivity (Wildman–Crippen MR) is 81.3 cm³/mol. The quantitative estimate of drug-likeness (QED) is 0.832. The summed E-state index contributed by atoms with van der Waals surface area (Å²) >= 11 is 0. The Morgan fingerprint density at radius 1 is 1.15 bits per heavy atom. The summed E-state index contributed by atoms with van der Waals surface area (Å²) in [5, 5.41) is 0. The summed E-state index contributed by atoms with van der Waals surface area (Å²) in [6, 6.07) is 5.91. The molecular weight excluding hydrogens is 252 g/mol. The van der Waals surface area contributed by atoms with E-state index in [2.05, 4.69) is 4.90 Å². The number of rotatable bonds is 7. The third-order valence-electron chi connectivity index (χ3n) is 3.68. The van der Waals surface area contributed by atoms with Crippen LogP contribution in [0.25, 0.3) is 0 Å². The van der Waals surface area contributed by atoms with Crippen LogP contribution in [0.5, 0.6) is 11.5 Å². The summed E-state index contributed by atoms with van der Waals surface area (Å²) < 4.78 is 11.6. The van der Waals surface area contributed by atoms with Crippen molar-refractivity contribution in [3.05, 3.63) is 23.8 Å². The Bertz CT molecular complexity index is 403. The first-order valence-electron chi connectivity index (χ1n) is 7.65. The molecule has 0 radical (unpaired) electrons. The van der Waals surface area contributed by atoms with E-state index in [1.165, 1.54) is 32.4 Å². The molecule has 0 saturated carbocycles. The molecule has 4 nitrogen and oxygen atoms in total. The van der Waals surface area contributed by atoms with Crippen LogP contribution in [0.15, 0.2) is 18.2 Å². The highest BCUT2D eigenvalue weighted by molar-refractivity contribution is 5.46. The van der Waals surface area contributed by atoms with Crippen molar-refractivity contribution in [1.82, 2.24) is 4.90 Å². The summed E-state index contributed by atoms with van der Waals surface area (Å²) in [5.41, 5.74) is 6.79. The van der Waals surface area contributed by atoms with Crippen molar-refractivity contribution in [2.45, 2.75) is 32.7 Å². The van der Waals surface area contributed by atoms with Crippen LogP contribution >= 0.6 is 0 Å². The van der Waals surface area contributed by atoms with Gasteiger partial charge in [-0.15, -0.1) is 0 Å². The molecule has 1 aliphatic heterocycles. The minimum Gasteiger partial charge on any atom is -0.490 e. The third-order valence-corrected chi connectivity index (χ3v) is 3.68. The van der Waals surface area contributed by atoms with Crippen LogP contribution in [0.3, 0.4) is 0 Å². The molecule has 2 N–H and O–H groups in total. The lowest BCUT2D eigenvalue weighted by Gasteiger charge is -2.26. The van der Waals surface area contributed by atoms with Crippen molar-refractivity contribution in [3.63, 3.8) is 0 Å². The topological polar surface area (TPSA) is 47.7 Å². The van der Waals surface area contributed by atoms with E-state index in [0.717, 1.165) is 23.6 Å². The molecule has 0 aliphatic carbocycles. The van der Waals surface area contributed by atoms with Crippen LogP contribution in [0, 0.1) is 0 Å². The lowest BCUT2D eigenvalue weighted by molar-refractivity contribution is 0.178. The summed E-state index contributed by atoms with van der Waals surface area (Å²) in [6.45, 7) is 7.14. The molecule has 1 aliphatic rings. The van der Waals surface area contributed by atoms with Gasteiger partial charge in [0.05, 0.1) is 6.61 Å². The van der Waals surface area contributed by atoms with Gasteiger partial charge in [0.1, 0.15) is 6.61 Å². The average molecular weight is 278 g/mol. The number of piperidine rings is 1.